The second kappa shape index (κ2) is 3.59. The Balaban J connectivity index is 3.38. The van der Waals surface area contributed by atoms with E-state index in [-0.39, 0.29) is 5.02 Å². The number of hydrogen-bond donors (Lipinski definition) is 0. The maximum absolute atomic E-state index is 13.2. The summed E-state index contributed by atoms with van der Waals surface area (Å²) in [7, 11) is 0. The Kier molecular flexibility index (Phi) is 2.82. The van der Waals surface area contributed by atoms with Gasteiger partial charge in [-0.25, -0.2) is 4.39 Å². The first kappa shape index (κ1) is 11.0. The maximum Gasteiger partial charge on any atom is 0.142 e. The molecule has 0 aliphatic carbocycles. The van der Waals surface area contributed by atoms with E-state index in [0.29, 0.717) is 5.56 Å². The van der Waals surface area contributed by atoms with Gasteiger partial charge in [0.2, 0.25) is 0 Å². The fourth-order valence-electron chi connectivity index (χ4n) is 1.38. The molecule has 1 rings (SSSR count). The topological polar surface area (TPSA) is 23.8 Å². The Hall–Kier alpha value is -1.07. The lowest BCUT2D eigenvalue weighted by atomic mass is 9.83. The molecule has 1 nitrogen and oxygen atoms in total. The number of rotatable bonds is 1. The van der Waals surface area contributed by atoms with E-state index in [1.807, 2.05) is 6.92 Å². The van der Waals surface area contributed by atoms with E-state index in [4.69, 9.17) is 16.9 Å². The van der Waals surface area contributed by atoms with Gasteiger partial charge in [-0.3, -0.25) is 0 Å². The van der Waals surface area contributed by atoms with Gasteiger partial charge in [-0.2, -0.15) is 5.26 Å². The van der Waals surface area contributed by atoms with E-state index in [0.717, 1.165) is 5.56 Å². The predicted octanol–water partition coefficient (Wildman–Crippen LogP) is 3.59. The summed E-state index contributed by atoms with van der Waals surface area (Å²) in [5, 5.41) is 9.02. The second-order valence-corrected chi connectivity index (χ2v) is 4.23. The van der Waals surface area contributed by atoms with Gasteiger partial charge in [0.1, 0.15) is 5.82 Å². The van der Waals surface area contributed by atoms with Gasteiger partial charge in [-0.15, -0.1) is 0 Å². The minimum absolute atomic E-state index is 0.0972. The van der Waals surface area contributed by atoms with Crippen LogP contribution >= 0.6 is 11.6 Å². The molecule has 1 aromatic rings. The monoisotopic (exact) mass is 211 g/mol. The molecule has 0 aliphatic heterocycles. The molecule has 1 aromatic carbocycles. The van der Waals surface area contributed by atoms with Crippen LogP contribution in [0.1, 0.15) is 25.0 Å². The molecule has 0 amide bonds. The van der Waals surface area contributed by atoms with Crippen LogP contribution in [0.25, 0.3) is 0 Å². The van der Waals surface area contributed by atoms with Crippen molar-refractivity contribution in [2.24, 2.45) is 0 Å². The molecule has 74 valence electrons. The molecule has 0 aliphatic rings. The van der Waals surface area contributed by atoms with Crippen molar-refractivity contribution in [1.29, 1.82) is 5.26 Å². The third-order valence-electron chi connectivity index (χ3n) is 2.22. The molecule has 0 saturated heterocycles. The normalized spacial score (nSPS) is 11.1. The Morgan fingerprint density at radius 1 is 1.43 bits per heavy atom. The molecule has 0 bridgehead atoms. The van der Waals surface area contributed by atoms with E-state index in [1.54, 1.807) is 19.9 Å². The van der Waals surface area contributed by atoms with Crippen molar-refractivity contribution in [3.05, 3.63) is 34.1 Å². The first-order valence-corrected chi connectivity index (χ1v) is 4.63. The number of halogens is 2. The van der Waals surface area contributed by atoms with Crippen LogP contribution in [0.2, 0.25) is 5.02 Å². The molecule has 0 fully saturated rings. The van der Waals surface area contributed by atoms with Crippen molar-refractivity contribution >= 4 is 11.6 Å². The fraction of sp³-hybridized carbons (Fsp3) is 0.364. The first-order chi connectivity index (χ1) is 6.38. The molecule has 0 aromatic heterocycles. The molecule has 0 spiro atoms. The molecule has 0 saturated carbocycles. The van der Waals surface area contributed by atoms with Gasteiger partial charge in [-0.1, -0.05) is 11.6 Å². The summed E-state index contributed by atoms with van der Waals surface area (Å²) in [6.45, 7) is 5.32. The van der Waals surface area contributed by atoms with Crippen LogP contribution in [0.3, 0.4) is 0 Å². The van der Waals surface area contributed by atoms with Crippen LogP contribution in [0.15, 0.2) is 12.1 Å². The lowest BCUT2D eigenvalue weighted by Gasteiger charge is -2.18. The summed E-state index contributed by atoms with van der Waals surface area (Å²) < 4.78 is 13.2. The van der Waals surface area contributed by atoms with Gasteiger partial charge >= 0.3 is 0 Å². The van der Waals surface area contributed by atoms with Crippen molar-refractivity contribution < 1.29 is 4.39 Å². The van der Waals surface area contributed by atoms with Gasteiger partial charge in [0.15, 0.2) is 0 Å². The molecule has 0 N–H and O–H groups in total. The Morgan fingerprint density at radius 3 is 2.50 bits per heavy atom. The minimum atomic E-state index is -0.685. The van der Waals surface area contributed by atoms with Gasteiger partial charge in [0, 0.05) is 0 Å². The van der Waals surface area contributed by atoms with E-state index in [2.05, 4.69) is 6.07 Å². The van der Waals surface area contributed by atoms with Crippen molar-refractivity contribution in [3.63, 3.8) is 0 Å². The molecule has 3 heteroatoms. The highest BCUT2D eigenvalue weighted by Gasteiger charge is 2.23. The molecular weight excluding hydrogens is 201 g/mol. The summed E-state index contributed by atoms with van der Waals surface area (Å²) in [6.07, 6.45) is 0. The fourth-order valence-corrected chi connectivity index (χ4v) is 1.60. The third-order valence-corrected chi connectivity index (χ3v) is 2.51. The van der Waals surface area contributed by atoms with Gasteiger partial charge < -0.3 is 0 Å². The molecule has 0 unspecified atom stereocenters. The van der Waals surface area contributed by atoms with Gasteiger partial charge in [0.25, 0.3) is 0 Å². The predicted molar refractivity (Wildman–Crippen MR) is 54.8 cm³/mol. The maximum atomic E-state index is 13.2. The largest absolute Gasteiger partial charge is 0.205 e. The number of aryl methyl sites for hydroxylation is 1. The minimum Gasteiger partial charge on any atom is -0.205 e. The number of nitrogens with zero attached hydrogens (tertiary/aromatic N) is 1. The summed E-state index contributed by atoms with van der Waals surface area (Å²) in [5.41, 5.74) is 0.833. The van der Waals surface area contributed by atoms with E-state index in [9.17, 15) is 4.39 Å². The van der Waals surface area contributed by atoms with Crippen LogP contribution in [0.5, 0.6) is 0 Å². The van der Waals surface area contributed by atoms with E-state index >= 15 is 0 Å². The van der Waals surface area contributed by atoms with Crippen LogP contribution in [-0.4, -0.2) is 0 Å². The summed E-state index contributed by atoms with van der Waals surface area (Å²) in [4.78, 5) is 0. The molecule has 0 radical (unpaired) electrons. The summed E-state index contributed by atoms with van der Waals surface area (Å²) >= 11 is 5.62. The van der Waals surface area contributed by atoms with Gasteiger partial charge in [0.05, 0.1) is 16.5 Å². The average Bonchev–Trinajstić information content (AvgIpc) is 2.11. The summed E-state index contributed by atoms with van der Waals surface area (Å²) in [6, 6.07) is 5.02. The Bertz CT molecular complexity index is 404. The van der Waals surface area contributed by atoms with Crippen LogP contribution in [0, 0.1) is 24.1 Å². The van der Waals surface area contributed by atoms with Crippen LogP contribution < -0.4 is 0 Å². The lowest BCUT2D eigenvalue weighted by Crippen LogP contribution is -2.16. The second-order valence-electron chi connectivity index (χ2n) is 3.82. The van der Waals surface area contributed by atoms with E-state index in [1.165, 1.54) is 6.07 Å². The van der Waals surface area contributed by atoms with E-state index < -0.39 is 11.2 Å². The Labute approximate surface area is 88.1 Å². The SMILES string of the molecule is Cc1cc(Cl)c(F)cc1C(C)(C)C#N. The molecule has 14 heavy (non-hydrogen) atoms. The highest BCUT2D eigenvalue weighted by Crippen LogP contribution is 2.29. The summed E-state index contributed by atoms with van der Waals surface area (Å²) in [5.74, 6) is -0.476. The van der Waals surface area contributed by atoms with Crippen molar-refractivity contribution in [2.45, 2.75) is 26.2 Å². The zero-order valence-electron chi connectivity index (χ0n) is 8.36. The Morgan fingerprint density at radius 2 is 2.00 bits per heavy atom. The standard InChI is InChI=1S/C11H11ClFN/c1-7-4-9(12)10(13)5-8(7)11(2,3)6-14/h4-5H,1-3H3. The average molecular weight is 212 g/mol. The molecule has 0 heterocycles. The number of hydrogen-bond acceptors (Lipinski definition) is 1. The molecule has 0 atom stereocenters. The third kappa shape index (κ3) is 1.88. The zero-order valence-corrected chi connectivity index (χ0v) is 9.11. The molecular formula is C11H11ClFN. The smallest absolute Gasteiger partial charge is 0.142 e. The number of nitriles is 1. The zero-order chi connectivity index (χ0) is 10.9. The highest BCUT2D eigenvalue weighted by molar-refractivity contribution is 6.30. The van der Waals surface area contributed by atoms with Crippen molar-refractivity contribution in [2.75, 3.05) is 0 Å². The van der Waals surface area contributed by atoms with Gasteiger partial charge in [-0.05, 0) is 44.0 Å². The van der Waals surface area contributed by atoms with Crippen molar-refractivity contribution in [1.82, 2.24) is 0 Å². The lowest BCUT2D eigenvalue weighted by molar-refractivity contribution is 0.611. The van der Waals surface area contributed by atoms with Crippen molar-refractivity contribution in [3.8, 4) is 6.07 Å². The first-order valence-electron chi connectivity index (χ1n) is 4.26. The highest BCUT2D eigenvalue weighted by atomic mass is 35.5. The quantitative estimate of drug-likeness (QED) is 0.697. The van der Waals surface area contributed by atoms with Crippen LogP contribution in [0.4, 0.5) is 4.39 Å². The number of benzene rings is 1. The van der Waals surface area contributed by atoms with Crippen LogP contribution in [-0.2, 0) is 5.41 Å².